The highest BCUT2D eigenvalue weighted by Gasteiger charge is 2.30. The van der Waals surface area contributed by atoms with Crippen LogP contribution in [-0.4, -0.2) is 15.7 Å². The molecule has 0 saturated heterocycles. The second-order valence-corrected chi connectivity index (χ2v) is 8.38. The molecule has 0 unspecified atom stereocenters. The van der Waals surface area contributed by atoms with Gasteiger partial charge in [-0.05, 0) is 42.3 Å². The zero-order valence-electron chi connectivity index (χ0n) is 16.2. The summed E-state index contributed by atoms with van der Waals surface area (Å²) in [6, 6.07) is 13.9. The van der Waals surface area contributed by atoms with Crippen LogP contribution in [0.3, 0.4) is 0 Å². The summed E-state index contributed by atoms with van der Waals surface area (Å²) in [5.74, 6) is -0.595. The number of aromatic nitrogens is 2. The predicted molar refractivity (Wildman–Crippen MR) is 113 cm³/mol. The van der Waals surface area contributed by atoms with E-state index in [1.165, 1.54) is 23.5 Å². The van der Waals surface area contributed by atoms with Crippen molar-refractivity contribution in [3.63, 3.8) is 0 Å². The Morgan fingerprint density at radius 3 is 2.68 bits per heavy atom. The van der Waals surface area contributed by atoms with Gasteiger partial charge in [0.05, 0.1) is 17.8 Å². The number of esters is 1. The van der Waals surface area contributed by atoms with Gasteiger partial charge < -0.3 is 4.74 Å². The van der Waals surface area contributed by atoms with E-state index >= 15 is 0 Å². The van der Waals surface area contributed by atoms with Crippen LogP contribution in [0.4, 0.5) is 13.2 Å². The molecule has 0 aliphatic carbocycles. The largest absolute Gasteiger partial charge is 0.457 e. The summed E-state index contributed by atoms with van der Waals surface area (Å²) in [7, 11) is 0. The zero-order valence-corrected chi connectivity index (χ0v) is 17.8. The topological polar surface area (TPSA) is 44.1 Å². The van der Waals surface area contributed by atoms with Crippen molar-refractivity contribution in [2.75, 3.05) is 0 Å². The molecule has 0 radical (unpaired) electrons. The van der Waals surface area contributed by atoms with Crippen molar-refractivity contribution in [1.82, 2.24) is 9.78 Å². The maximum absolute atomic E-state index is 12.8. The first-order valence-electron chi connectivity index (χ1n) is 9.26. The van der Waals surface area contributed by atoms with Crippen molar-refractivity contribution in [3.8, 4) is 0 Å². The average molecular weight is 465 g/mol. The summed E-state index contributed by atoms with van der Waals surface area (Å²) in [5.41, 5.74) is 1.15. The van der Waals surface area contributed by atoms with Gasteiger partial charge in [-0.25, -0.2) is 4.79 Å². The molecule has 0 atom stereocenters. The molecule has 2 aromatic carbocycles. The van der Waals surface area contributed by atoms with Crippen molar-refractivity contribution < 1.29 is 22.7 Å². The highest BCUT2D eigenvalue weighted by atomic mass is 35.5. The number of hydrogen-bond acceptors (Lipinski definition) is 4. The van der Waals surface area contributed by atoms with E-state index in [1.807, 2.05) is 25.1 Å². The lowest BCUT2D eigenvalue weighted by Gasteiger charge is -2.09. The van der Waals surface area contributed by atoms with Gasteiger partial charge >= 0.3 is 12.1 Å². The summed E-state index contributed by atoms with van der Waals surface area (Å²) in [6.07, 6.45) is -4.45. The Morgan fingerprint density at radius 1 is 1.16 bits per heavy atom. The molecule has 0 saturated carbocycles. The fourth-order valence-electron chi connectivity index (χ4n) is 3.17. The number of ether oxygens (including phenoxy) is 1. The lowest BCUT2D eigenvalue weighted by molar-refractivity contribution is -0.137. The normalized spacial score (nSPS) is 11.8. The minimum absolute atomic E-state index is 0.248. The summed E-state index contributed by atoms with van der Waals surface area (Å²) < 4.78 is 45.6. The van der Waals surface area contributed by atoms with E-state index in [1.54, 1.807) is 16.8 Å². The van der Waals surface area contributed by atoms with Crippen molar-refractivity contribution in [1.29, 1.82) is 0 Å². The molecule has 4 rings (SSSR count). The highest BCUT2D eigenvalue weighted by molar-refractivity contribution is 7.20. The smallest absolute Gasteiger partial charge is 0.416 e. The molecule has 4 aromatic rings. The molecule has 0 N–H and O–H groups in total. The molecule has 0 amide bonds. The number of halogens is 4. The van der Waals surface area contributed by atoms with Crippen LogP contribution in [0, 0.1) is 6.92 Å². The van der Waals surface area contributed by atoms with Crippen LogP contribution in [-0.2, 0) is 24.1 Å². The summed E-state index contributed by atoms with van der Waals surface area (Å²) >= 11 is 7.47. The molecule has 0 aliphatic heterocycles. The Bertz CT molecular complexity index is 1260. The van der Waals surface area contributed by atoms with E-state index in [9.17, 15) is 18.0 Å². The summed E-state index contributed by atoms with van der Waals surface area (Å²) in [5, 5.41) is 5.97. The monoisotopic (exact) mass is 464 g/mol. The number of thiophene rings is 1. The SMILES string of the molecule is Cc1nn(Cc2ccccc2Cl)c2sc(C(=O)OCc3cccc(C(F)(F)F)c3)cc12. The fourth-order valence-corrected chi connectivity index (χ4v) is 4.42. The molecular weight excluding hydrogens is 449 g/mol. The summed E-state index contributed by atoms with van der Waals surface area (Å²) in [6.45, 7) is 2.04. The Kier molecular flexibility index (Phi) is 5.77. The van der Waals surface area contributed by atoms with Gasteiger partial charge in [0, 0.05) is 10.4 Å². The molecular formula is C22H16ClF3N2O2S. The lowest BCUT2D eigenvalue weighted by Crippen LogP contribution is -2.07. The van der Waals surface area contributed by atoms with Crippen LogP contribution in [0.15, 0.2) is 54.6 Å². The number of nitrogens with zero attached hydrogens (tertiary/aromatic N) is 2. The van der Waals surface area contributed by atoms with Crippen LogP contribution in [0.1, 0.15) is 32.1 Å². The lowest BCUT2D eigenvalue weighted by atomic mass is 10.1. The molecule has 0 spiro atoms. The fraction of sp³-hybridized carbons (Fsp3) is 0.182. The van der Waals surface area contributed by atoms with Gasteiger partial charge in [-0.2, -0.15) is 18.3 Å². The van der Waals surface area contributed by atoms with Crippen LogP contribution < -0.4 is 0 Å². The Hall–Kier alpha value is -2.84. The Balaban J connectivity index is 1.52. The van der Waals surface area contributed by atoms with Crippen molar-refractivity contribution in [3.05, 3.63) is 86.9 Å². The summed E-state index contributed by atoms with van der Waals surface area (Å²) in [4.78, 5) is 13.7. The number of aryl methyl sites for hydroxylation is 1. The first-order valence-corrected chi connectivity index (χ1v) is 10.5. The quantitative estimate of drug-likeness (QED) is 0.317. The third-order valence-corrected chi connectivity index (χ3v) is 6.21. The van der Waals surface area contributed by atoms with E-state index in [0.717, 1.165) is 33.6 Å². The predicted octanol–water partition coefficient (Wildman–Crippen LogP) is 6.48. The Morgan fingerprint density at radius 2 is 1.94 bits per heavy atom. The third-order valence-electron chi connectivity index (χ3n) is 4.71. The van der Waals surface area contributed by atoms with Gasteiger partial charge in [0.1, 0.15) is 16.3 Å². The highest BCUT2D eigenvalue weighted by Crippen LogP contribution is 2.31. The maximum Gasteiger partial charge on any atom is 0.416 e. The van der Waals surface area contributed by atoms with E-state index in [4.69, 9.17) is 16.3 Å². The second kappa shape index (κ2) is 8.36. The van der Waals surface area contributed by atoms with Crippen LogP contribution >= 0.6 is 22.9 Å². The minimum Gasteiger partial charge on any atom is -0.457 e. The van der Waals surface area contributed by atoms with Crippen LogP contribution in [0.2, 0.25) is 5.02 Å². The van der Waals surface area contributed by atoms with Crippen molar-refractivity contribution >= 4 is 39.1 Å². The zero-order chi connectivity index (χ0) is 22.2. The molecule has 2 aromatic heterocycles. The first-order chi connectivity index (χ1) is 14.7. The number of hydrogen-bond donors (Lipinski definition) is 0. The van der Waals surface area contributed by atoms with Gasteiger partial charge in [0.15, 0.2) is 0 Å². The number of carbonyl (C=O) groups is 1. The van der Waals surface area contributed by atoms with E-state index in [2.05, 4.69) is 5.10 Å². The third kappa shape index (κ3) is 4.60. The second-order valence-electron chi connectivity index (χ2n) is 6.94. The van der Waals surface area contributed by atoms with Gasteiger partial charge in [0.2, 0.25) is 0 Å². The molecule has 0 fully saturated rings. The molecule has 160 valence electrons. The van der Waals surface area contributed by atoms with E-state index in [0.29, 0.717) is 16.4 Å². The van der Waals surface area contributed by atoms with Crippen LogP contribution in [0.25, 0.3) is 10.2 Å². The van der Waals surface area contributed by atoms with Gasteiger partial charge in [-0.1, -0.05) is 41.9 Å². The Labute approximate surface area is 184 Å². The first kappa shape index (κ1) is 21.4. The molecule has 31 heavy (non-hydrogen) atoms. The van der Waals surface area contributed by atoms with E-state index in [-0.39, 0.29) is 12.2 Å². The molecule has 0 aliphatic rings. The number of benzene rings is 2. The minimum atomic E-state index is -4.45. The number of alkyl halides is 3. The van der Waals surface area contributed by atoms with Gasteiger partial charge in [-0.15, -0.1) is 11.3 Å². The number of carbonyl (C=O) groups excluding carboxylic acids is 1. The molecule has 4 nitrogen and oxygen atoms in total. The average Bonchev–Trinajstić information content (AvgIpc) is 3.29. The molecule has 2 heterocycles. The standard InChI is InChI=1S/C22H16ClF3N2O2S/c1-13-17-10-19(21(29)30-12-14-5-4-7-16(9-14)22(24,25)26)31-20(17)28(27-13)11-15-6-2-3-8-18(15)23/h2-10H,11-12H2,1H3. The number of fused-ring (bicyclic) bond motifs is 1. The van der Waals surface area contributed by atoms with Crippen molar-refractivity contribution in [2.45, 2.75) is 26.3 Å². The van der Waals surface area contributed by atoms with Gasteiger partial charge in [0.25, 0.3) is 0 Å². The van der Waals surface area contributed by atoms with E-state index < -0.39 is 17.7 Å². The molecule has 9 heteroatoms. The maximum atomic E-state index is 12.8. The molecule has 0 bridgehead atoms. The van der Waals surface area contributed by atoms with Gasteiger partial charge in [-0.3, -0.25) is 4.68 Å². The van der Waals surface area contributed by atoms with Crippen molar-refractivity contribution in [2.24, 2.45) is 0 Å². The van der Waals surface area contributed by atoms with Crippen LogP contribution in [0.5, 0.6) is 0 Å². The number of rotatable bonds is 5.